The molecule has 0 saturated heterocycles. The smallest absolute Gasteiger partial charge is 0.334 e. The summed E-state index contributed by atoms with van der Waals surface area (Å²) >= 11 is 0. The van der Waals surface area contributed by atoms with E-state index in [2.05, 4.69) is 10.1 Å². The van der Waals surface area contributed by atoms with Gasteiger partial charge in [0.25, 0.3) is 0 Å². The molecule has 0 aliphatic heterocycles. The van der Waals surface area contributed by atoms with Gasteiger partial charge in [0, 0.05) is 19.7 Å². The van der Waals surface area contributed by atoms with Gasteiger partial charge in [-0.25, -0.2) is 9.59 Å². The van der Waals surface area contributed by atoms with Crippen LogP contribution in [0.1, 0.15) is 13.8 Å². The summed E-state index contributed by atoms with van der Waals surface area (Å²) < 4.78 is 4.68. The number of nitrogens with one attached hydrogen (secondary N) is 1. The van der Waals surface area contributed by atoms with Gasteiger partial charge in [-0.05, 0) is 13.8 Å². The molecule has 0 aromatic rings. The number of urea groups is 1. The van der Waals surface area contributed by atoms with Crippen molar-refractivity contribution in [3.63, 3.8) is 0 Å². The molecule has 0 spiro atoms. The highest BCUT2D eigenvalue weighted by atomic mass is 16.5. The Labute approximate surface area is 100 Å². The third kappa shape index (κ3) is 5.50. The lowest BCUT2D eigenvalue weighted by molar-refractivity contribution is -0.148. The first-order valence-electron chi connectivity index (χ1n) is 5.35. The molecule has 0 heterocycles. The number of carboxylic acids is 1. The summed E-state index contributed by atoms with van der Waals surface area (Å²) in [5.74, 6) is -1.13. The van der Waals surface area contributed by atoms with E-state index in [1.54, 1.807) is 13.8 Å². The Morgan fingerprint density at radius 1 is 1.41 bits per heavy atom. The highest BCUT2D eigenvalue weighted by Gasteiger charge is 2.20. The van der Waals surface area contributed by atoms with Crippen molar-refractivity contribution in [2.75, 3.05) is 26.8 Å². The monoisotopic (exact) mass is 248 g/mol. The summed E-state index contributed by atoms with van der Waals surface area (Å²) in [5.41, 5.74) is 0. The number of rotatable bonds is 7. The fourth-order valence-electron chi connectivity index (χ4n) is 1.26. The molecule has 2 amide bonds. The zero-order valence-corrected chi connectivity index (χ0v) is 10.3. The summed E-state index contributed by atoms with van der Waals surface area (Å²) in [7, 11) is 1.26. The van der Waals surface area contributed by atoms with Crippen molar-refractivity contribution in [2.24, 2.45) is 0 Å². The van der Waals surface area contributed by atoms with E-state index in [0.29, 0.717) is 0 Å². The van der Waals surface area contributed by atoms with E-state index in [9.17, 15) is 9.59 Å². The van der Waals surface area contributed by atoms with Gasteiger partial charge in [-0.1, -0.05) is 0 Å². The summed E-state index contributed by atoms with van der Waals surface area (Å²) in [6.45, 7) is 3.56. The average molecular weight is 248 g/mol. The molecule has 0 aliphatic rings. The first-order valence-corrected chi connectivity index (χ1v) is 5.35. The van der Waals surface area contributed by atoms with Gasteiger partial charge in [-0.3, -0.25) is 0 Å². The molecule has 0 saturated carbocycles. The van der Waals surface area contributed by atoms with Crippen LogP contribution in [0.25, 0.3) is 0 Å². The van der Waals surface area contributed by atoms with Crippen LogP contribution in [0.15, 0.2) is 0 Å². The maximum Gasteiger partial charge on any atom is 0.334 e. The number of methoxy groups -OCH3 is 1. The summed E-state index contributed by atoms with van der Waals surface area (Å²) in [6.07, 6.45) is -1.07. The second-order valence-corrected chi connectivity index (χ2v) is 3.76. The van der Waals surface area contributed by atoms with Gasteiger partial charge in [0.1, 0.15) is 0 Å². The maximum absolute atomic E-state index is 11.7. The lowest BCUT2D eigenvalue weighted by Crippen LogP contribution is -2.48. The molecule has 100 valence electrons. The fraction of sp³-hybridized carbons (Fsp3) is 0.800. The van der Waals surface area contributed by atoms with E-state index in [0.717, 1.165) is 0 Å². The van der Waals surface area contributed by atoms with E-state index in [-0.39, 0.29) is 25.7 Å². The van der Waals surface area contributed by atoms with Gasteiger partial charge in [-0.15, -0.1) is 0 Å². The topological polar surface area (TPSA) is 99.1 Å². The molecule has 7 heteroatoms. The molecule has 0 radical (unpaired) electrons. The first kappa shape index (κ1) is 15.7. The Bertz CT molecular complexity index is 257. The van der Waals surface area contributed by atoms with Gasteiger partial charge in [0.05, 0.1) is 13.2 Å². The minimum absolute atomic E-state index is 0.0760. The van der Waals surface area contributed by atoms with Crippen molar-refractivity contribution >= 4 is 12.0 Å². The van der Waals surface area contributed by atoms with E-state index in [4.69, 9.17) is 10.2 Å². The van der Waals surface area contributed by atoms with Crippen molar-refractivity contribution in [3.8, 4) is 0 Å². The van der Waals surface area contributed by atoms with Gasteiger partial charge in [-0.2, -0.15) is 0 Å². The van der Waals surface area contributed by atoms with Crippen LogP contribution in [-0.4, -0.2) is 66.1 Å². The van der Waals surface area contributed by atoms with Crippen molar-refractivity contribution in [1.82, 2.24) is 10.2 Å². The van der Waals surface area contributed by atoms with Crippen LogP contribution in [-0.2, 0) is 9.53 Å². The number of aliphatic hydroxyl groups excluding tert-OH is 1. The van der Waals surface area contributed by atoms with Crippen molar-refractivity contribution < 1.29 is 24.5 Å². The minimum atomic E-state index is -1.13. The van der Waals surface area contributed by atoms with Crippen LogP contribution in [0.2, 0.25) is 0 Å². The zero-order chi connectivity index (χ0) is 13.4. The molecule has 0 aromatic heterocycles. The zero-order valence-electron chi connectivity index (χ0n) is 10.3. The SMILES string of the molecule is COC(CNC(=O)N(CCO)C(C)C)C(=O)O. The lowest BCUT2D eigenvalue weighted by Gasteiger charge is -2.26. The Morgan fingerprint density at radius 3 is 2.35 bits per heavy atom. The highest BCUT2D eigenvalue weighted by molar-refractivity contribution is 5.77. The number of carbonyl (C=O) groups is 2. The van der Waals surface area contributed by atoms with Crippen LogP contribution in [0.5, 0.6) is 0 Å². The maximum atomic E-state index is 11.7. The molecule has 1 atom stereocenters. The molecular weight excluding hydrogens is 228 g/mol. The Kier molecular flexibility index (Phi) is 7.24. The normalized spacial score (nSPS) is 12.3. The molecule has 0 aromatic carbocycles. The first-order chi connectivity index (χ1) is 7.93. The van der Waals surface area contributed by atoms with Crippen LogP contribution in [0.3, 0.4) is 0 Å². The van der Waals surface area contributed by atoms with Crippen LogP contribution >= 0.6 is 0 Å². The Hall–Kier alpha value is -1.34. The van der Waals surface area contributed by atoms with E-state index < -0.39 is 18.1 Å². The molecule has 17 heavy (non-hydrogen) atoms. The van der Waals surface area contributed by atoms with Crippen LogP contribution in [0, 0.1) is 0 Å². The Balaban J connectivity index is 4.26. The third-order valence-corrected chi connectivity index (χ3v) is 2.22. The standard InChI is InChI=1S/C10H20N2O5/c1-7(2)12(4-5-13)10(16)11-6-8(17-3)9(14)15/h7-8,13H,4-6H2,1-3H3,(H,11,16)(H,14,15). The van der Waals surface area contributed by atoms with Crippen molar-refractivity contribution in [2.45, 2.75) is 26.0 Å². The van der Waals surface area contributed by atoms with Crippen LogP contribution < -0.4 is 5.32 Å². The number of ether oxygens (including phenoxy) is 1. The third-order valence-electron chi connectivity index (χ3n) is 2.22. The molecule has 3 N–H and O–H groups in total. The summed E-state index contributed by atoms with van der Waals surface area (Å²) in [4.78, 5) is 23.7. The number of nitrogens with zero attached hydrogens (tertiary/aromatic N) is 1. The second kappa shape index (κ2) is 7.86. The highest BCUT2D eigenvalue weighted by Crippen LogP contribution is 1.98. The molecule has 0 rings (SSSR count). The molecule has 0 aliphatic carbocycles. The van der Waals surface area contributed by atoms with Crippen molar-refractivity contribution in [3.05, 3.63) is 0 Å². The van der Waals surface area contributed by atoms with Gasteiger partial charge < -0.3 is 25.2 Å². The predicted molar refractivity (Wildman–Crippen MR) is 60.8 cm³/mol. The molecular formula is C10H20N2O5. The molecule has 0 fully saturated rings. The fourth-order valence-corrected chi connectivity index (χ4v) is 1.26. The molecule has 1 unspecified atom stereocenters. The molecule has 7 nitrogen and oxygen atoms in total. The number of aliphatic hydroxyl groups is 1. The summed E-state index contributed by atoms with van der Waals surface area (Å²) in [6, 6.07) is -0.495. The number of amides is 2. The van der Waals surface area contributed by atoms with Gasteiger partial charge in [0.2, 0.25) is 0 Å². The quantitative estimate of drug-likeness (QED) is 0.564. The van der Waals surface area contributed by atoms with Gasteiger partial charge >= 0.3 is 12.0 Å². The van der Waals surface area contributed by atoms with Gasteiger partial charge in [0.15, 0.2) is 6.10 Å². The second-order valence-electron chi connectivity index (χ2n) is 3.76. The van der Waals surface area contributed by atoms with Crippen molar-refractivity contribution in [1.29, 1.82) is 0 Å². The number of hydrogen-bond donors (Lipinski definition) is 3. The van der Waals surface area contributed by atoms with E-state index in [1.807, 2.05) is 0 Å². The Morgan fingerprint density at radius 2 is 2.00 bits per heavy atom. The largest absolute Gasteiger partial charge is 0.479 e. The minimum Gasteiger partial charge on any atom is -0.479 e. The number of carboxylic acid groups (broad SMARTS) is 1. The number of hydrogen-bond acceptors (Lipinski definition) is 4. The molecule has 0 bridgehead atoms. The number of carbonyl (C=O) groups excluding carboxylic acids is 1. The van der Waals surface area contributed by atoms with E-state index >= 15 is 0 Å². The van der Waals surface area contributed by atoms with E-state index in [1.165, 1.54) is 12.0 Å². The average Bonchev–Trinajstić information content (AvgIpc) is 2.25. The van der Waals surface area contributed by atoms with Crippen LogP contribution in [0.4, 0.5) is 4.79 Å². The number of aliphatic carboxylic acids is 1. The predicted octanol–water partition coefficient (Wildman–Crippen LogP) is -0.502. The summed E-state index contributed by atoms with van der Waals surface area (Å²) in [5, 5.41) is 20.0. The lowest BCUT2D eigenvalue weighted by atomic mass is 10.3.